The minimum Gasteiger partial charge on any atom is -0.496 e. The maximum absolute atomic E-state index is 12.6. The number of aromatic nitrogens is 4. The zero-order chi connectivity index (χ0) is 22.7. The predicted molar refractivity (Wildman–Crippen MR) is 124 cm³/mol. The van der Waals surface area contributed by atoms with Gasteiger partial charge in [-0.15, -0.1) is 0 Å². The van der Waals surface area contributed by atoms with E-state index in [0.717, 1.165) is 51.4 Å². The fourth-order valence-electron chi connectivity index (χ4n) is 3.83. The van der Waals surface area contributed by atoms with Crippen LogP contribution in [0.4, 0.5) is 0 Å². The van der Waals surface area contributed by atoms with E-state index < -0.39 is 0 Å². The second kappa shape index (κ2) is 9.26. The number of benzene rings is 2. The molecule has 0 aliphatic heterocycles. The van der Waals surface area contributed by atoms with Gasteiger partial charge in [-0.3, -0.25) is 9.48 Å². The average molecular weight is 433 g/mol. The Balaban J connectivity index is 1.46. The lowest BCUT2D eigenvalue weighted by atomic mass is 10.1. The summed E-state index contributed by atoms with van der Waals surface area (Å²) in [4.78, 5) is 17.0. The fraction of sp³-hybridized carbons (Fsp3) is 0.320. The Morgan fingerprint density at radius 1 is 1.06 bits per heavy atom. The Bertz CT molecular complexity index is 1260. The van der Waals surface area contributed by atoms with Gasteiger partial charge in [0.05, 0.1) is 42.3 Å². The summed E-state index contributed by atoms with van der Waals surface area (Å²) in [6, 6.07) is 13.9. The fourth-order valence-corrected chi connectivity index (χ4v) is 3.83. The summed E-state index contributed by atoms with van der Waals surface area (Å²) in [5.74, 6) is 0.474. The Morgan fingerprint density at radius 2 is 1.91 bits per heavy atom. The van der Waals surface area contributed by atoms with Crippen LogP contribution in [-0.2, 0) is 35.6 Å². The van der Waals surface area contributed by atoms with Crippen molar-refractivity contribution in [1.82, 2.24) is 19.3 Å². The number of hydrogen-bond acceptors (Lipinski definition) is 5. The molecule has 0 aliphatic rings. The molecule has 0 spiro atoms. The minimum atomic E-state index is -0.291. The first-order chi connectivity index (χ1) is 15.5. The quantitative estimate of drug-likeness (QED) is 0.382. The molecule has 166 valence electrons. The van der Waals surface area contributed by atoms with Crippen molar-refractivity contribution < 1.29 is 14.3 Å². The van der Waals surface area contributed by atoms with Crippen LogP contribution in [0.1, 0.15) is 30.7 Å². The number of carbonyl (C=O) groups excluding carboxylic acids is 1. The second-order valence-corrected chi connectivity index (χ2v) is 7.73. The third kappa shape index (κ3) is 4.37. The predicted octanol–water partition coefficient (Wildman–Crippen LogP) is 4.54. The molecule has 4 aromatic rings. The Labute approximate surface area is 187 Å². The molecule has 32 heavy (non-hydrogen) atoms. The highest BCUT2D eigenvalue weighted by molar-refractivity contribution is 5.77. The first-order valence-electron chi connectivity index (χ1n) is 10.8. The highest BCUT2D eigenvalue weighted by Gasteiger charge is 2.16. The van der Waals surface area contributed by atoms with Crippen LogP contribution in [0.15, 0.2) is 48.8 Å². The Hall–Kier alpha value is -3.61. The van der Waals surface area contributed by atoms with Gasteiger partial charge < -0.3 is 14.0 Å². The van der Waals surface area contributed by atoms with Crippen LogP contribution < -0.4 is 4.74 Å². The van der Waals surface area contributed by atoms with E-state index >= 15 is 0 Å². The van der Waals surface area contributed by atoms with Crippen molar-refractivity contribution >= 4 is 17.0 Å². The smallest absolute Gasteiger partial charge is 0.312 e. The van der Waals surface area contributed by atoms with Crippen LogP contribution in [0.3, 0.4) is 0 Å². The van der Waals surface area contributed by atoms with Crippen LogP contribution in [0, 0.1) is 6.92 Å². The lowest BCUT2D eigenvalue weighted by Crippen LogP contribution is -2.12. The van der Waals surface area contributed by atoms with Crippen LogP contribution in [0.25, 0.3) is 22.3 Å². The van der Waals surface area contributed by atoms with Crippen molar-refractivity contribution in [3.05, 3.63) is 65.6 Å². The first-order valence-corrected chi connectivity index (χ1v) is 10.8. The molecule has 0 unspecified atom stereocenters. The van der Waals surface area contributed by atoms with Gasteiger partial charge in [-0.1, -0.05) is 12.1 Å². The highest BCUT2D eigenvalue weighted by atomic mass is 16.5. The van der Waals surface area contributed by atoms with Gasteiger partial charge in [-0.25, -0.2) is 4.98 Å². The largest absolute Gasteiger partial charge is 0.496 e. The third-order valence-corrected chi connectivity index (χ3v) is 5.55. The number of imidazole rings is 1. The number of rotatable bonds is 8. The molecule has 0 saturated heterocycles. The molecule has 2 heterocycles. The summed E-state index contributed by atoms with van der Waals surface area (Å²) in [6.45, 7) is 7.85. The molecule has 7 heteroatoms. The van der Waals surface area contributed by atoms with Gasteiger partial charge in [0.15, 0.2) is 0 Å². The lowest BCUT2D eigenvalue weighted by molar-refractivity contribution is -0.144. The molecule has 0 aliphatic carbocycles. The normalized spacial score (nSPS) is 11.1. The molecular formula is C25H28N4O3. The van der Waals surface area contributed by atoms with Gasteiger partial charge in [-0.05, 0) is 62.2 Å². The first kappa shape index (κ1) is 21.6. The van der Waals surface area contributed by atoms with E-state index in [1.54, 1.807) is 7.11 Å². The molecule has 0 radical (unpaired) electrons. The molecule has 0 fully saturated rings. The molecule has 0 N–H and O–H groups in total. The lowest BCUT2D eigenvalue weighted by Gasteiger charge is -2.07. The average Bonchev–Trinajstić information content (AvgIpc) is 3.40. The van der Waals surface area contributed by atoms with Crippen molar-refractivity contribution in [2.45, 2.75) is 46.9 Å². The van der Waals surface area contributed by atoms with E-state index in [-0.39, 0.29) is 19.0 Å². The summed E-state index contributed by atoms with van der Waals surface area (Å²) in [6.07, 6.45) is 1.98. The van der Waals surface area contributed by atoms with E-state index in [4.69, 9.17) is 9.47 Å². The van der Waals surface area contributed by atoms with Crippen molar-refractivity contribution in [3.8, 4) is 17.0 Å². The Morgan fingerprint density at radius 3 is 2.66 bits per heavy atom. The van der Waals surface area contributed by atoms with E-state index in [2.05, 4.69) is 21.6 Å². The molecule has 0 amide bonds. The topological polar surface area (TPSA) is 71.2 Å². The molecular weight excluding hydrogens is 404 g/mol. The van der Waals surface area contributed by atoms with Crippen LogP contribution in [0.5, 0.6) is 5.75 Å². The van der Waals surface area contributed by atoms with E-state index in [0.29, 0.717) is 6.54 Å². The molecule has 0 atom stereocenters. The summed E-state index contributed by atoms with van der Waals surface area (Å²) in [5, 5.41) is 4.67. The second-order valence-electron chi connectivity index (χ2n) is 7.73. The summed E-state index contributed by atoms with van der Waals surface area (Å²) < 4.78 is 15.0. The van der Waals surface area contributed by atoms with E-state index in [1.165, 1.54) is 0 Å². The van der Waals surface area contributed by atoms with Crippen molar-refractivity contribution in [1.29, 1.82) is 0 Å². The number of nitrogens with zero attached hydrogens (tertiary/aromatic N) is 4. The molecule has 0 bridgehead atoms. The zero-order valence-corrected chi connectivity index (χ0v) is 19.0. The monoisotopic (exact) mass is 432 g/mol. The SMILES string of the molecule is CCn1nc(-c2ccc(C)cc2OC)cc1CC(=O)OCc1ccc2c(c1)ncn2CC. The van der Waals surface area contributed by atoms with Gasteiger partial charge in [0, 0.05) is 18.7 Å². The van der Waals surface area contributed by atoms with Crippen LogP contribution in [-0.4, -0.2) is 32.4 Å². The van der Waals surface area contributed by atoms with Gasteiger partial charge in [0.25, 0.3) is 0 Å². The summed E-state index contributed by atoms with van der Waals surface area (Å²) in [5.41, 5.74) is 6.51. The maximum Gasteiger partial charge on any atom is 0.312 e. The van der Waals surface area contributed by atoms with Gasteiger partial charge >= 0.3 is 5.97 Å². The number of aryl methyl sites for hydroxylation is 3. The number of carbonyl (C=O) groups is 1. The van der Waals surface area contributed by atoms with Gasteiger partial charge in [-0.2, -0.15) is 5.10 Å². The van der Waals surface area contributed by atoms with Crippen molar-refractivity contribution in [2.24, 2.45) is 0 Å². The van der Waals surface area contributed by atoms with Crippen LogP contribution in [0.2, 0.25) is 0 Å². The maximum atomic E-state index is 12.6. The van der Waals surface area contributed by atoms with E-state index in [1.807, 2.05) is 67.3 Å². The van der Waals surface area contributed by atoms with Gasteiger partial charge in [0.1, 0.15) is 12.4 Å². The number of hydrogen-bond donors (Lipinski definition) is 0. The highest BCUT2D eigenvalue weighted by Crippen LogP contribution is 2.30. The van der Waals surface area contributed by atoms with Crippen molar-refractivity contribution in [3.63, 3.8) is 0 Å². The molecule has 0 saturated carbocycles. The summed E-state index contributed by atoms with van der Waals surface area (Å²) >= 11 is 0. The minimum absolute atomic E-state index is 0.154. The summed E-state index contributed by atoms with van der Waals surface area (Å²) in [7, 11) is 1.65. The molecule has 2 aromatic heterocycles. The molecule has 2 aromatic carbocycles. The zero-order valence-electron chi connectivity index (χ0n) is 19.0. The number of esters is 1. The van der Waals surface area contributed by atoms with E-state index in [9.17, 15) is 4.79 Å². The third-order valence-electron chi connectivity index (χ3n) is 5.55. The van der Waals surface area contributed by atoms with Crippen LogP contribution >= 0.6 is 0 Å². The van der Waals surface area contributed by atoms with Gasteiger partial charge in [0.2, 0.25) is 0 Å². The van der Waals surface area contributed by atoms with Crippen molar-refractivity contribution in [2.75, 3.05) is 7.11 Å². The Kier molecular flexibility index (Phi) is 6.25. The number of methoxy groups -OCH3 is 1. The number of ether oxygens (including phenoxy) is 2. The number of fused-ring (bicyclic) bond motifs is 1. The standard InChI is InChI=1S/C25H28N4O3/c1-5-28-16-26-22-12-18(8-10-23(22)28)15-32-25(30)14-19-13-21(27-29(19)6-2)20-9-7-17(3)11-24(20)31-4/h7-13,16H,5-6,14-15H2,1-4H3. The molecule has 4 rings (SSSR count). The molecule has 7 nitrogen and oxygen atoms in total.